The molecule has 8 heteroatoms. The molecule has 1 aliphatic rings. The summed E-state index contributed by atoms with van der Waals surface area (Å²) in [5.74, 6) is -0.0561. The molecule has 0 spiro atoms. The van der Waals surface area contributed by atoms with Crippen LogP contribution in [0.4, 0.5) is 5.69 Å². The highest BCUT2D eigenvalue weighted by atomic mass is 16.5. The van der Waals surface area contributed by atoms with Crippen molar-refractivity contribution in [1.29, 1.82) is 5.26 Å². The number of nitrogens with zero attached hydrogens (tertiary/aromatic N) is 3. The molecule has 202 valence electrons. The first-order chi connectivity index (χ1) is 19.5. The van der Waals surface area contributed by atoms with Crippen LogP contribution < -0.4 is 10.1 Å². The van der Waals surface area contributed by atoms with E-state index in [2.05, 4.69) is 16.5 Å². The number of aromatic nitrogens is 2. The van der Waals surface area contributed by atoms with Gasteiger partial charge in [-0.25, -0.2) is 9.48 Å². The van der Waals surface area contributed by atoms with E-state index in [0.717, 1.165) is 47.3 Å². The van der Waals surface area contributed by atoms with Gasteiger partial charge in [0.1, 0.15) is 12.4 Å². The number of nitrogens with one attached hydrogen (secondary N) is 1. The predicted octanol–water partition coefficient (Wildman–Crippen LogP) is 5.48. The summed E-state index contributed by atoms with van der Waals surface area (Å²) < 4.78 is 13.0. The van der Waals surface area contributed by atoms with Crippen molar-refractivity contribution in [2.75, 3.05) is 11.9 Å². The largest absolute Gasteiger partial charge is 0.489 e. The average Bonchev–Trinajstić information content (AvgIpc) is 3.57. The Kier molecular flexibility index (Phi) is 7.92. The molecule has 8 nitrogen and oxygen atoms in total. The fourth-order valence-corrected chi connectivity index (χ4v) is 5.01. The van der Waals surface area contributed by atoms with Gasteiger partial charge in [0.15, 0.2) is 5.69 Å². The van der Waals surface area contributed by atoms with E-state index >= 15 is 0 Å². The summed E-state index contributed by atoms with van der Waals surface area (Å²) in [7, 11) is 0. The highest BCUT2D eigenvalue weighted by Gasteiger charge is 2.28. The Balaban J connectivity index is 1.32. The van der Waals surface area contributed by atoms with E-state index in [4.69, 9.17) is 9.47 Å². The van der Waals surface area contributed by atoms with Crippen LogP contribution in [0.2, 0.25) is 0 Å². The van der Waals surface area contributed by atoms with E-state index < -0.39 is 5.97 Å². The fraction of sp³-hybridized carbons (Fsp3) is 0.250. The molecule has 5 rings (SSSR count). The van der Waals surface area contributed by atoms with Gasteiger partial charge in [0.25, 0.3) is 0 Å². The predicted molar refractivity (Wildman–Crippen MR) is 151 cm³/mol. The van der Waals surface area contributed by atoms with Crippen molar-refractivity contribution >= 4 is 17.6 Å². The molecule has 40 heavy (non-hydrogen) atoms. The smallest absolute Gasteiger partial charge is 0.359 e. The standard InChI is InChI=1S/C32H30N4O4/c1-3-39-32(38)31-26-10-7-11-28(26)36(35-31)27-14-13-25(16-21(27)2)34-30(37)18-24-17-23(19-33)12-15-29(24)40-20-22-8-5-4-6-9-22/h4-6,8-9,12-17H,3,7,10-11,18,20H2,1-2H3,(H,34,37). The first-order valence-corrected chi connectivity index (χ1v) is 13.3. The minimum Gasteiger partial charge on any atom is -0.489 e. The van der Waals surface area contributed by atoms with Crippen LogP contribution in [-0.2, 0) is 35.4 Å². The minimum atomic E-state index is -0.395. The molecule has 0 saturated carbocycles. The van der Waals surface area contributed by atoms with Crippen molar-refractivity contribution in [3.8, 4) is 17.5 Å². The summed E-state index contributed by atoms with van der Waals surface area (Å²) >= 11 is 0. The molecule has 4 aromatic rings. The lowest BCUT2D eigenvalue weighted by molar-refractivity contribution is -0.115. The zero-order chi connectivity index (χ0) is 28.1. The molecule has 1 N–H and O–H groups in total. The number of nitriles is 1. The van der Waals surface area contributed by atoms with Gasteiger partial charge in [-0.3, -0.25) is 4.79 Å². The summed E-state index contributed by atoms with van der Waals surface area (Å²) in [6, 6.07) is 22.6. The summed E-state index contributed by atoms with van der Waals surface area (Å²) in [5, 5.41) is 16.9. The molecule has 0 unspecified atom stereocenters. The van der Waals surface area contributed by atoms with Crippen LogP contribution in [0.25, 0.3) is 5.69 Å². The van der Waals surface area contributed by atoms with Crippen LogP contribution in [0.15, 0.2) is 66.7 Å². The van der Waals surface area contributed by atoms with E-state index in [0.29, 0.717) is 41.5 Å². The molecule has 0 aliphatic heterocycles. The molecular weight excluding hydrogens is 504 g/mol. The van der Waals surface area contributed by atoms with Crippen molar-refractivity contribution < 1.29 is 19.1 Å². The van der Waals surface area contributed by atoms with Crippen LogP contribution >= 0.6 is 0 Å². The quantitative estimate of drug-likeness (QED) is 0.285. The Labute approximate surface area is 233 Å². The molecule has 1 aliphatic carbocycles. The van der Waals surface area contributed by atoms with Crippen molar-refractivity contribution in [3.63, 3.8) is 0 Å². The third kappa shape index (κ3) is 5.74. The molecule has 0 fully saturated rings. The van der Waals surface area contributed by atoms with E-state index in [1.807, 2.05) is 60.1 Å². The van der Waals surface area contributed by atoms with Crippen molar-refractivity contribution in [2.45, 2.75) is 46.1 Å². The SMILES string of the molecule is CCOC(=O)c1nn(-c2ccc(NC(=O)Cc3cc(C#N)ccc3OCc3ccccc3)cc2C)c2c1CCC2. The molecule has 0 radical (unpaired) electrons. The maximum Gasteiger partial charge on any atom is 0.359 e. The molecule has 0 bridgehead atoms. The summed E-state index contributed by atoms with van der Waals surface area (Å²) in [6.07, 6.45) is 2.67. The zero-order valence-electron chi connectivity index (χ0n) is 22.6. The Morgan fingerprint density at radius 2 is 1.90 bits per heavy atom. The van der Waals surface area contributed by atoms with Gasteiger partial charge in [-0.2, -0.15) is 10.4 Å². The van der Waals surface area contributed by atoms with Crippen molar-refractivity contribution in [2.24, 2.45) is 0 Å². The zero-order valence-corrected chi connectivity index (χ0v) is 22.6. The number of amides is 1. The first kappa shape index (κ1) is 26.7. The second-order valence-corrected chi connectivity index (χ2v) is 9.69. The summed E-state index contributed by atoms with van der Waals surface area (Å²) in [6.45, 7) is 4.39. The van der Waals surface area contributed by atoms with Gasteiger partial charge in [-0.1, -0.05) is 30.3 Å². The number of ether oxygens (including phenoxy) is 2. The Morgan fingerprint density at radius 1 is 1.07 bits per heavy atom. The molecule has 0 atom stereocenters. The highest BCUT2D eigenvalue weighted by molar-refractivity contribution is 5.93. The number of benzene rings is 3. The number of esters is 1. The minimum absolute atomic E-state index is 0.0516. The van der Waals surface area contributed by atoms with Crippen molar-refractivity contribution in [1.82, 2.24) is 9.78 Å². The van der Waals surface area contributed by atoms with Gasteiger partial charge in [0.05, 0.1) is 30.3 Å². The number of anilines is 1. The van der Waals surface area contributed by atoms with Gasteiger partial charge >= 0.3 is 5.97 Å². The molecule has 1 aromatic heterocycles. The van der Waals surface area contributed by atoms with Crippen LogP contribution in [0.3, 0.4) is 0 Å². The molecule has 3 aromatic carbocycles. The number of aryl methyl sites for hydroxylation is 1. The number of hydrogen-bond donors (Lipinski definition) is 1. The third-order valence-electron chi connectivity index (χ3n) is 6.89. The lowest BCUT2D eigenvalue weighted by Crippen LogP contribution is -2.16. The second kappa shape index (κ2) is 11.9. The van der Waals surface area contributed by atoms with Gasteiger partial charge in [-0.05, 0) is 80.6 Å². The lowest BCUT2D eigenvalue weighted by Gasteiger charge is -2.14. The van der Waals surface area contributed by atoms with Crippen molar-refractivity contribution in [3.05, 3.63) is 106 Å². The maximum atomic E-state index is 13.0. The Morgan fingerprint density at radius 3 is 2.65 bits per heavy atom. The Hall–Kier alpha value is -4.90. The van der Waals surface area contributed by atoms with Gasteiger partial charge in [0, 0.05) is 22.5 Å². The van der Waals surface area contributed by atoms with E-state index in [-0.39, 0.29) is 12.3 Å². The second-order valence-electron chi connectivity index (χ2n) is 9.69. The molecular formula is C32H30N4O4. The fourth-order valence-electron chi connectivity index (χ4n) is 5.01. The van der Waals surface area contributed by atoms with E-state index in [1.54, 1.807) is 25.1 Å². The van der Waals surface area contributed by atoms with Crippen LogP contribution in [0, 0.1) is 18.3 Å². The topological polar surface area (TPSA) is 106 Å². The summed E-state index contributed by atoms with van der Waals surface area (Å²) in [4.78, 5) is 25.5. The molecule has 0 saturated heterocycles. The number of carbonyl (C=O) groups excluding carboxylic acids is 2. The monoisotopic (exact) mass is 534 g/mol. The average molecular weight is 535 g/mol. The number of carbonyl (C=O) groups is 2. The lowest BCUT2D eigenvalue weighted by atomic mass is 10.1. The van der Waals surface area contributed by atoms with E-state index in [1.165, 1.54) is 0 Å². The van der Waals surface area contributed by atoms with E-state index in [9.17, 15) is 14.9 Å². The maximum absolute atomic E-state index is 13.0. The van der Waals surface area contributed by atoms with Crippen LogP contribution in [-0.4, -0.2) is 28.3 Å². The number of rotatable bonds is 9. The molecule has 1 heterocycles. The Bertz CT molecular complexity index is 1600. The molecule has 1 amide bonds. The van der Waals surface area contributed by atoms with Gasteiger partial charge < -0.3 is 14.8 Å². The van der Waals surface area contributed by atoms with Crippen LogP contribution in [0.5, 0.6) is 5.75 Å². The normalized spacial score (nSPS) is 11.9. The first-order valence-electron chi connectivity index (χ1n) is 13.3. The van der Waals surface area contributed by atoms with Crippen LogP contribution in [0.1, 0.15) is 57.3 Å². The summed E-state index contributed by atoms with van der Waals surface area (Å²) in [5.41, 5.74) is 6.88. The van der Waals surface area contributed by atoms with Gasteiger partial charge in [0.2, 0.25) is 5.91 Å². The number of fused-ring (bicyclic) bond motifs is 1. The van der Waals surface area contributed by atoms with Gasteiger partial charge in [-0.15, -0.1) is 0 Å². The third-order valence-corrected chi connectivity index (χ3v) is 6.89. The number of hydrogen-bond acceptors (Lipinski definition) is 6. The highest BCUT2D eigenvalue weighted by Crippen LogP contribution is 2.30.